The van der Waals surface area contributed by atoms with Crippen molar-refractivity contribution in [2.45, 2.75) is 38.8 Å². The van der Waals surface area contributed by atoms with Crippen LogP contribution < -0.4 is 5.32 Å². The summed E-state index contributed by atoms with van der Waals surface area (Å²) in [5, 5.41) is 8.43. The van der Waals surface area contributed by atoms with Crippen LogP contribution in [0.2, 0.25) is 0 Å². The zero-order valence-corrected chi connectivity index (χ0v) is 8.33. The number of hydrogen-bond acceptors (Lipinski definition) is 3. The second-order valence-corrected chi connectivity index (χ2v) is 3.62. The van der Waals surface area contributed by atoms with E-state index < -0.39 is 0 Å². The quantitative estimate of drug-likeness (QED) is 0.519. The van der Waals surface area contributed by atoms with Gasteiger partial charge in [-0.2, -0.15) is 5.53 Å². The molecule has 1 rings (SSSR count). The highest BCUT2D eigenvalue weighted by Crippen LogP contribution is 2.07. The van der Waals surface area contributed by atoms with Gasteiger partial charge < -0.3 is 5.32 Å². The van der Waals surface area contributed by atoms with Crippen LogP contribution in [-0.2, 0) is 0 Å². The third-order valence-corrected chi connectivity index (χ3v) is 2.21. The van der Waals surface area contributed by atoms with Crippen molar-refractivity contribution in [3.05, 3.63) is 12.3 Å². The minimum atomic E-state index is 0. The van der Waals surface area contributed by atoms with E-state index in [1.807, 2.05) is 20.0 Å². The van der Waals surface area contributed by atoms with Crippen LogP contribution >= 0.6 is 0 Å². The monoisotopic (exact) mass is 184 g/mol. The minimum Gasteiger partial charge on any atom is -0.310 e. The number of nitrogens with one attached hydrogen (secondary N) is 2. The van der Waals surface area contributed by atoms with E-state index >= 15 is 0 Å². The molecule has 0 saturated carbocycles. The van der Waals surface area contributed by atoms with Crippen LogP contribution in [0.3, 0.4) is 0 Å². The van der Waals surface area contributed by atoms with Crippen molar-refractivity contribution in [2.24, 2.45) is 5.22 Å². The molecule has 1 fully saturated rings. The van der Waals surface area contributed by atoms with Crippen LogP contribution in [0.1, 0.15) is 28.1 Å². The first-order chi connectivity index (χ1) is 6.24. The lowest BCUT2D eigenvalue weighted by Gasteiger charge is -2.16. The average Bonchev–Trinajstić information content (AvgIpc) is 2.57. The Morgan fingerprint density at radius 1 is 1.69 bits per heavy atom. The summed E-state index contributed by atoms with van der Waals surface area (Å²) >= 11 is 0. The molecule has 0 aromatic carbocycles. The van der Waals surface area contributed by atoms with Crippen LogP contribution in [0.15, 0.2) is 17.5 Å². The summed E-state index contributed by atoms with van der Waals surface area (Å²) in [6.45, 7) is 5.14. The Labute approximate surface area is 81.0 Å². The Bertz CT molecular complexity index is 187. The first-order valence-corrected chi connectivity index (χ1v) is 4.81. The molecule has 0 bridgehead atoms. The van der Waals surface area contributed by atoms with Crippen molar-refractivity contribution in [3.63, 3.8) is 0 Å². The second-order valence-electron chi connectivity index (χ2n) is 3.62. The molecule has 4 nitrogen and oxygen atoms in total. The summed E-state index contributed by atoms with van der Waals surface area (Å²) in [4.78, 5) is 0. The van der Waals surface area contributed by atoms with Gasteiger partial charge in [-0.25, -0.2) is 0 Å². The molecule has 1 aliphatic heterocycles. The number of rotatable bonds is 4. The van der Waals surface area contributed by atoms with Crippen molar-refractivity contribution in [3.8, 4) is 0 Å². The van der Waals surface area contributed by atoms with Gasteiger partial charge in [0.15, 0.2) is 0 Å². The molecule has 13 heavy (non-hydrogen) atoms. The van der Waals surface area contributed by atoms with E-state index in [1.54, 1.807) is 5.01 Å². The fourth-order valence-corrected chi connectivity index (χ4v) is 1.39. The molecule has 1 heterocycles. The van der Waals surface area contributed by atoms with Gasteiger partial charge in [0, 0.05) is 19.7 Å². The van der Waals surface area contributed by atoms with Crippen molar-refractivity contribution >= 4 is 0 Å². The first-order valence-electron chi connectivity index (χ1n) is 4.81. The number of nitrogens with zero attached hydrogens (tertiary/aromatic N) is 2. The zero-order valence-electron chi connectivity index (χ0n) is 8.33. The molecule has 76 valence electrons. The Hall–Kier alpha value is -0.900. The van der Waals surface area contributed by atoms with Gasteiger partial charge >= 0.3 is 0 Å². The third kappa shape index (κ3) is 3.14. The standard InChI is InChI=1S/C9H18N4.H2/c1-8(2)13(12-10)7-5-9-4-3-6-11-9;/h5,7-11H,3-4,6H2,1-2H3;1H/b7-5+,12-10?;/t9-;/m1./s1. The highest BCUT2D eigenvalue weighted by atomic mass is 15.5. The summed E-state index contributed by atoms with van der Waals surface area (Å²) in [6.07, 6.45) is 6.42. The fraction of sp³-hybridized carbons (Fsp3) is 0.778. The first kappa shape index (κ1) is 10.2. The molecule has 2 N–H and O–H groups in total. The largest absolute Gasteiger partial charge is 0.310 e. The molecule has 0 aliphatic carbocycles. The Balaban J connectivity index is 0.00000169. The minimum absolute atomic E-state index is 0. The summed E-state index contributed by atoms with van der Waals surface area (Å²) in [5.41, 5.74) is 6.94. The SMILES string of the molecule is CC(C)N(/C=C/[C@H]1CCCN1)N=N.[HH]. The number of hydrogen-bond donors (Lipinski definition) is 2. The predicted molar refractivity (Wildman–Crippen MR) is 54.4 cm³/mol. The maximum atomic E-state index is 6.94. The van der Waals surface area contributed by atoms with Gasteiger partial charge in [0.05, 0.1) is 0 Å². The Kier molecular flexibility index (Phi) is 3.89. The van der Waals surface area contributed by atoms with Gasteiger partial charge in [0.1, 0.15) is 0 Å². The maximum absolute atomic E-state index is 6.94. The molecule has 0 aromatic rings. The third-order valence-electron chi connectivity index (χ3n) is 2.21. The molecule has 0 radical (unpaired) electrons. The molecule has 1 aliphatic rings. The van der Waals surface area contributed by atoms with Gasteiger partial charge in [0.2, 0.25) is 0 Å². The normalized spacial score (nSPS) is 22.8. The van der Waals surface area contributed by atoms with E-state index in [2.05, 4.69) is 16.6 Å². The summed E-state index contributed by atoms with van der Waals surface area (Å²) < 4.78 is 0. The van der Waals surface area contributed by atoms with E-state index in [-0.39, 0.29) is 7.47 Å². The summed E-state index contributed by atoms with van der Waals surface area (Å²) in [7, 11) is 0. The van der Waals surface area contributed by atoms with Crippen LogP contribution in [0.4, 0.5) is 0 Å². The molecule has 0 aromatic heterocycles. The van der Waals surface area contributed by atoms with Crippen molar-refractivity contribution in [1.29, 1.82) is 5.53 Å². The van der Waals surface area contributed by atoms with E-state index in [0.29, 0.717) is 6.04 Å². The lowest BCUT2D eigenvalue weighted by atomic mass is 10.2. The highest BCUT2D eigenvalue weighted by molar-refractivity contribution is 4.95. The van der Waals surface area contributed by atoms with Crippen LogP contribution in [0.25, 0.3) is 0 Å². The topological polar surface area (TPSA) is 51.5 Å². The van der Waals surface area contributed by atoms with Gasteiger partial charge in [-0.05, 0) is 39.3 Å². The summed E-state index contributed by atoms with van der Waals surface area (Å²) in [5.74, 6) is 0. The molecule has 0 spiro atoms. The molecule has 0 amide bonds. The van der Waals surface area contributed by atoms with Crippen LogP contribution in [-0.4, -0.2) is 23.6 Å². The predicted octanol–water partition coefficient (Wildman–Crippen LogP) is 2.15. The van der Waals surface area contributed by atoms with E-state index in [4.69, 9.17) is 5.53 Å². The second kappa shape index (κ2) is 4.97. The maximum Gasteiger partial charge on any atom is 0.0479 e. The van der Waals surface area contributed by atoms with Crippen molar-refractivity contribution < 1.29 is 1.43 Å². The Morgan fingerprint density at radius 2 is 2.46 bits per heavy atom. The summed E-state index contributed by atoms with van der Waals surface area (Å²) in [6, 6.07) is 0.734. The Morgan fingerprint density at radius 3 is 2.92 bits per heavy atom. The smallest absolute Gasteiger partial charge is 0.0479 e. The van der Waals surface area contributed by atoms with E-state index in [1.165, 1.54) is 12.8 Å². The fourth-order valence-electron chi connectivity index (χ4n) is 1.39. The lowest BCUT2D eigenvalue weighted by molar-refractivity contribution is 0.296. The average molecular weight is 184 g/mol. The van der Waals surface area contributed by atoms with Gasteiger partial charge in [-0.3, -0.25) is 5.01 Å². The lowest BCUT2D eigenvalue weighted by Crippen LogP contribution is -2.22. The van der Waals surface area contributed by atoms with Crippen molar-refractivity contribution in [1.82, 2.24) is 10.3 Å². The molecule has 0 unspecified atom stereocenters. The van der Waals surface area contributed by atoms with Gasteiger partial charge in [0.25, 0.3) is 0 Å². The van der Waals surface area contributed by atoms with Crippen LogP contribution in [0, 0.1) is 5.53 Å². The van der Waals surface area contributed by atoms with Gasteiger partial charge in [-0.15, -0.1) is 0 Å². The molecular formula is C9H20N4. The molecule has 4 heteroatoms. The zero-order chi connectivity index (χ0) is 9.68. The molecule has 1 atom stereocenters. The molecular weight excluding hydrogens is 164 g/mol. The highest BCUT2D eigenvalue weighted by Gasteiger charge is 2.10. The van der Waals surface area contributed by atoms with E-state index in [0.717, 1.165) is 6.54 Å². The van der Waals surface area contributed by atoms with Gasteiger partial charge in [-0.1, -0.05) is 5.22 Å². The molecule has 1 saturated heterocycles. The van der Waals surface area contributed by atoms with E-state index in [9.17, 15) is 0 Å². The van der Waals surface area contributed by atoms with Crippen molar-refractivity contribution in [2.75, 3.05) is 6.54 Å². The van der Waals surface area contributed by atoms with Crippen LogP contribution in [0.5, 0.6) is 0 Å².